The highest BCUT2D eigenvalue weighted by atomic mass is 15.0. The van der Waals surface area contributed by atoms with Gasteiger partial charge in [0.25, 0.3) is 0 Å². The highest BCUT2D eigenvalue weighted by Crippen LogP contribution is 2.22. The fraction of sp³-hybridized carbons (Fsp3) is 0.556. The second-order valence-corrected chi connectivity index (χ2v) is 2.94. The van der Waals surface area contributed by atoms with Crippen molar-refractivity contribution in [2.75, 3.05) is 6.54 Å². The molecule has 0 fully saturated rings. The van der Waals surface area contributed by atoms with Gasteiger partial charge in [-0.3, -0.25) is 0 Å². The number of likely N-dealkylation sites (N-methyl/N-ethyl adjacent to an activating group) is 1. The maximum absolute atomic E-state index is 3.42. The summed E-state index contributed by atoms with van der Waals surface area (Å²) < 4.78 is 0. The van der Waals surface area contributed by atoms with Crippen molar-refractivity contribution in [3.8, 4) is 0 Å². The third kappa shape index (κ3) is 1.14. The van der Waals surface area contributed by atoms with E-state index >= 15 is 0 Å². The van der Waals surface area contributed by atoms with Crippen LogP contribution in [0.25, 0.3) is 0 Å². The summed E-state index contributed by atoms with van der Waals surface area (Å²) in [6, 6.07) is 0. The van der Waals surface area contributed by atoms with E-state index in [0.29, 0.717) is 0 Å². The minimum atomic E-state index is 0.134. The van der Waals surface area contributed by atoms with Crippen LogP contribution in [0.15, 0.2) is 23.8 Å². The monoisotopic (exact) mass is 137 g/mol. The summed E-state index contributed by atoms with van der Waals surface area (Å²) in [6.45, 7) is 7.51. The quantitative estimate of drug-likeness (QED) is 0.612. The van der Waals surface area contributed by atoms with Gasteiger partial charge in [0.05, 0.1) is 5.54 Å². The van der Waals surface area contributed by atoms with Crippen molar-refractivity contribution in [3.05, 3.63) is 23.8 Å². The Morgan fingerprint density at radius 3 is 2.70 bits per heavy atom. The highest BCUT2D eigenvalue weighted by molar-refractivity contribution is 5.36. The summed E-state index contributed by atoms with van der Waals surface area (Å²) in [5.74, 6) is 0. The molecule has 56 valence electrons. The molecule has 0 aromatic rings. The molecule has 1 nitrogen and oxygen atoms in total. The van der Waals surface area contributed by atoms with Gasteiger partial charge in [-0.05, 0) is 26.0 Å². The fourth-order valence-electron chi connectivity index (χ4n) is 1.26. The van der Waals surface area contributed by atoms with E-state index < -0.39 is 0 Å². The van der Waals surface area contributed by atoms with Crippen molar-refractivity contribution in [1.82, 2.24) is 5.32 Å². The van der Waals surface area contributed by atoms with Gasteiger partial charge in [0, 0.05) is 0 Å². The van der Waals surface area contributed by atoms with Gasteiger partial charge in [-0.25, -0.2) is 0 Å². The summed E-state index contributed by atoms with van der Waals surface area (Å²) in [5.41, 5.74) is 1.53. The van der Waals surface area contributed by atoms with Gasteiger partial charge in [-0.2, -0.15) is 0 Å². The SMILES string of the molecule is CCNC1(C)C=CC=C1C. The van der Waals surface area contributed by atoms with E-state index in [9.17, 15) is 0 Å². The largest absolute Gasteiger partial charge is 0.305 e. The predicted octanol–water partition coefficient (Wildman–Crippen LogP) is 1.87. The van der Waals surface area contributed by atoms with Crippen LogP contribution in [0.1, 0.15) is 20.8 Å². The van der Waals surface area contributed by atoms with E-state index in [1.54, 1.807) is 0 Å². The van der Waals surface area contributed by atoms with Crippen molar-refractivity contribution in [3.63, 3.8) is 0 Å². The van der Waals surface area contributed by atoms with E-state index in [0.717, 1.165) is 6.54 Å². The van der Waals surface area contributed by atoms with Gasteiger partial charge < -0.3 is 5.32 Å². The molecule has 0 saturated heterocycles. The van der Waals surface area contributed by atoms with Crippen molar-refractivity contribution in [2.45, 2.75) is 26.3 Å². The van der Waals surface area contributed by atoms with Crippen LogP contribution in [0, 0.1) is 0 Å². The molecular weight excluding hydrogens is 122 g/mol. The zero-order valence-electron chi connectivity index (χ0n) is 6.94. The first-order valence-electron chi connectivity index (χ1n) is 3.80. The maximum Gasteiger partial charge on any atom is 0.0554 e. The minimum Gasteiger partial charge on any atom is -0.305 e. The average molecular weight is 137 g/mol. The maximum atomic E-state index is 3.42. The van der Waals surface area contributed by atoms with Crippen LogP contribution < -0.4 is 5.32 Å². The molecule has 0 aromatic heterocycles. The van der Waals surface area contributed by atoms with Gasteiger partial charge in [0.15, 0.2) is 0 Å². The minimum absolute atomic E-state index is 0.134. The Morgan fingerprint density at radius 1 is 1.60 bits per heavy atom. The van der Waals surface area contributed by atoms with Gasteiger partial charge in [-0.15, -0.1) is 0 Å². The molecule has 0 radical (unpaired) electrons. The van der Waals surface area contributed by atoms with E-state index in [2.05, 4.69) is 44.3 Å². The van der Waals surface area contributed by atoms with Crippen LogP contribution >= 0.6 is 0 Å². The summed E-state index contributed by atoms with van der Waals surface area (Å²) in [4.78, 5) is 0. The Bertz CT molecular complexity index is 179. The van der Waals surface area contributed by atoms with Crippen molar-refractivity contribution < 1.29 is 0 Å². The molecule has 1 atom stereocenters. The Balaban J connectivity index is 2.69. The Morgan fingerprint density at radius 2 is 2.30 bits per heavy atom. The number of hydrogen-bond donors (Lipinski definition) is 1. The molecule has 1 heteroatoms. The molecule has 0 aliphatic heterocycles. The smallest absolute Gasteiger partial charge is 0.0554 e. The molecular formula is C9H15N. The molecule has 0 amide bonds. The number of allylic oxidation sites excluding steroid dienone is 2. The standard InChI is InChI=1S/C9H15N/c1-4-10-9(3)7-5-6-8(9)2/h5-7,10H,4H2,1-3H3. The molecule has 0 heterocycles. The first-order valence-corrected chi connectivity index (χ1v) is 3.80. The molecule has 1 unspecified atom stereocenters. The molecule has 0 spiro atoms. The summed E-state index contributed by atoms with van der Waals surface area (Å²) in [5, 5.41) is 3.42. The predicted molar refractivity (Wildman–Crippen MR) is 45.0 cm³/mol. The molecule has 0 aromatic carbocycles. The Hall–Kier alpha value is -0.560. The van der Waals surface area contributed by atoms with E-state index in [1.807, 2.05) is 0 Å². The van der Waals surface area contributed by atoms with E-state index in [1.165, 1.54) is 5.57 Å². The zero-order valence-corrected chi connectivity index (χ0v) is 6.94. The summed E-state index contributed by atoms with van der Waals surface area (Å²) >= 11 is 0. The second kappa shape index (κ2) is 2.59. The summed E-state index contributed by atoms with van der Waals surface area (Å²) in [7, 11) is 0. The molecule has 1 N–H and O–H groups in total. The van der Waals surface area contributed by atoms with Crippen LogP contribution in [0.3, 0.4) is 0 Å². The summed E-state index contributed by atoms with van der Waals surface area (Å²) in [6.07, 6.45) is 6.46. The first kappa shape index (κ1) is 7.55. The second-order valence-electron chi connectivity index (χ2n) is 2.94. The first-order chi connectivity index (χ1) is 4.69. The molecule has 0 bridgehead atoms. The van der Waals surface area contributed by atoms with Gasteiger partial charge in [0.1, 0.15) is 0 Å². The Kier molecular flexibility index (Phi) is 1.95. The Labute approximate surface area is 62.8 Å². The fourth-order valence-corrected chi connectivity index (χ4v) is 1.26. The molecule has 0 saturated carbocycles. The number of hydrogen-bond acceptors (Lipinski definition) is 1. The van der Waals surface area contributed by atoms with Crippen molar-refractivity contribution in [2.24, 2.45) is 0 Å². The normalized spacial score (nSPS) is 30.9. The lowest BCUT2D eigenvalue weighted by molar-refractivity contribution is 0.523. The molecule has 1 aliphatic carbocycles. The van der Waals surface area contributed by atoms with Crippen LogP contribution in [0.4, 0.5) is 0 Å². The van der Waals surface area contributed by atoms with Crippen LogP contribution in [0.2, 0.25) is 0 Å². The van der Waals surface area contributed by atoms with E-state index in [-0.39, 0.29) is 5.54 Å². The number of rotatable bonds is 2. The molecule has 1 aliphatic rings. The topological polar surface area (TPSA) is 12.0 Å². The highest BCUT2D eigenvalue weighted by Gasteiger charge is 2.23. The average Bonchev–Trinajstić information content (AvgIpc) is 2.15. The lowest BCUT2D eigenvalue weighted by Crippen LogP contribution is -2.39. The molecule has 10 heavy (non-hydrogen) atoms. The third-order valence-corrected chi connectivity index (χ3v) is 2.14. The zero-order chi connectivity index (χ0) is 7.61. The number of nitrogens with one attached hydrogen (secondary N) is 1. The van der Waals surface area contributed by atoms with Gasteiger partial charge >= 0.3 is 0 Å². The lowest BCUT2D eigenvalue weighted by Gasteiger charge is -2.25. The van der Waals surface area contributed by atoms with Crippen molar-refractivity contribution in [1.29, 1.82) is 0 Å². The van der Waals surface area contributed by atoms with Gasteiger partial charge in [0.2, 0.25) is 0 Å². The third-order valence-electron chi connectivity index (χ3n) is 2.14. The van der Waals surface area contributed by atoms with E-state index in [4.69, 9.17) is 0 Å². The van der Waals surface area contributed by atoms with Crippen LogP contribution in [-0.4, -0.2) is 12.1 Å². The lowest BCUT2D eigenvalue weighted by atomic mass is 9.97. The van der Waals surface area contributed by atoms with Crippen LogP contribution in [0.5, 0.6) is 0 Å². The van der Waals surface area contributed by atoms with Crippen LogP contribution in [-0.2, 0) is 0 Å². The molecule has 1 rings (SSSR count). The van der Waals surface area contributed by atoms with Crippen molar-refractivity contribution >= 4 is 0 Å². The van der Waals surface area contributed by atoms with Gasteiger partial charge in [-0.1, -0.05) is 25.2 Å².